The summed E-state index contributed by atoms with van der Waals surface area (Å²) >= 11 is 0. The first-order valence-electron chi connectivity index (χ1n) is 10.1. The van der Waals surface area contributed by atoms with Gasteiger partial charge in [0.05, 0.1) is 16.6 Å². The van der Waals surface area contributed by atoms with Crippen LogP contribution in [0.3, 0.4) is 0 Å². The fourth-order valence-electron chi connectivity index (χ4n) is 4.08. The summed E-state index contributed by atoms with van der Waals surface area (Å²) in [6.07, 6.45) is 3.32. The van der Waals surface area contributed by atoms with Crippen molar-refractivity contribution in [1.29, 1.82) is 0 Å². The van der Waals surface area contributed by atoms with E-state index in [1.54, 1.807) is 24.3 Å². The van der Waals surface area contributed by atoms with Gasteiger partial charge in [-0.3, -0.25) is 9.10 Å². The molecule has 158 valence electrons. The predicted molar refractivity (Wildman–Crippen MR) is 116 cm³/mol. The highest BCUT2D eigenvalue weighted by Gasteiger charge is 2.34. The number of hydrogen-bond acceptors (Lipinski definition) is 4. The van der Waals surface area contributed by atoms with Gasteiger partial charge in [0, 0.05) is 6.54 Å². The number of rotatable bonds is 4. The van der Waals surface area contributed by atoms with Gasteiger partial charge in [-0.1, -0.05) is 24.8 Å². The third-order valence-electron chi connectivity index (χ3n) is 5.71. The normalized spacial score (nSPS) is 19.8. The second-order valence-corrected chi connectivity index (χ2v) is 10.2. The van der Waals surface area contributed by atoms with E-state index in [0.29, 0.717) is 12.1 Å². The van der Waals surface area contributed by atoms with Gasteiger partial charge in [-0.25, -0.2) is 8.42 Å². The minimum Gasteiger partial charge on any atom is -0.488 e. The smallest absolute Gasteiger partial charge is 0.264 e. The van der Waals surface area contributed by atoms with E-state index in [2.05, 4.69) is 11.9 Å². The molecule has 30 heavy (non-hydrogen) atoms. The van der Waals surface area contributed by atoms with Crippen molar-refractivity contribution in [2.75, 3.05) is 10.8 Å². The monoisotopic (exact) mass is 426 g/mol. The first-order valence-corrected chi connectivity index (χ1v) is 11.5. The highest BCUT2D eigenvalue weighted by molar-refractivity contribution is 7.92. The lowest BCUT2D eigenvalue weighted by atomic mass is 9.94. The predicted octanol–water partition coefficient (Wildman–Crippen LogP) is 3.73. The van der Waals surface area contributed by atoms with Crippen molar-refractivity contribution in [1.82, 2.24) is 5.32 Å². The van der Waals surface area contributed by atoms with Gasteiger partial charge in [-0.2, -0.15) is 0 Å². The summed E-state index contributed by atoms with van der Waals surface area (Å²) < 4.78 is 34.5. The van der Waals surface area contributed by atoms with Crippen LogP contribution in [-0.2, 0) is 21.2 Å². The molecule has 0 aliphatic carbocycles. The highest BCUT2D eigenvalue weighted by Crippen LogP contribution is 2.39. The number of carbonyl (C=O) groups is 1. The van der Waals surface area contributed by atoms with Gasteiger partial charge >= 0.3 is 0 Å². The van der Waals surface area contributed by atoms with Gasteiger partial charge in [-0.05, 0) is 74.6 Å². The maximum atomic E-state index is 13.5. The second-order valence-electron chi connectivity index (χ2n) is 8.32. The van der Waals surface area contributed by atoms with E-state index in [0.717, 1.165) is 29.7 Å². The van der Waals surface area contributed by atoms with Gasteiger partial charge in [0.1, 0.15) is 11.4 Å². The van der Waals surface area contributed by atoms with Crippen LogP contribution in [0.25, 0.3) is 0 Å². The molecule has 0 saturated carbocycles. The summed E-state index contributed by atoms with van der Waals surface area (Å²) in [7, 11) is -3.75. The molecule has 0 bridgehead atoms. The lowest BCUT2D eigenvalue weighted by Gasteiger charge is -2.36. The maximum Gasteiger partial charge on any atom is 0.264 e. The summed E-state index contributed by atoms with van der Waals surface area (Å²) in [6.45, 7) is 7.84. The Labute approximate surface area is 177 Å². The van der Waals surface area contributed by atoms with E-state index in [1.165, 1.54) is 10.4 Å². The van der Waals surface area contributed by atoms with Gasteiger partial charge in [0.2, 0.25) is 5.91 Å². The summed E-state index contributed by atoms with van der Waals surface area (Å²) in [5.74, 6) is 0.472. The molecular formula is C23H26N2O4S. The Bertz CT molecular complexity index is 1110. The van der Waals surface area contributed by atoms with Crippen molar-refractivity contribution in [2.45, 2.75) is 49.6 Å². The van der Waals surface area contributed by atoms with E-state index < -0.39 is 10.0 Å². The molecule has 1 unspecified atom stereocenters. The fourth-order valence-corrected chi connectivity index (χ4v) is 5.64. The molecular weight excluding hydrogens is 400 g/mol. The second kappa shape index (κ2) is 7.47. The molecule has 1 atom stereocenters. The molecule has 2 aromatic rings. The molecule has 0 aromatic heterocycles. The van der Waals surface area contributed by atoms with Gasteiger partial charge in [0.15, 0.2) is 0 Å². The zero-order valence-electron chi connectivity index (χ0n) is 17.2. The Morgan fingerprint density at radius 3 is 2.80 bits per heavy atom. The van der Waals surface area contributed by atoms with E-state index in [1.807, 2.05) is 32.0 Å². The summed E-state index contributed by atoms with van der Waals surface area (Å²) in [5.41, 5.74) is 2.04. The molecule has 0 spiro atoms. The molecule has 4 rings (SSSR count). The third kappa shape index (κ3) is 3.69. The van der Waals surface area contributed by atoms with Crippen LogP contribution >= 0.6 is 0 Å². The Kier molecular flexibility index (Phi) is 5.10. The van der Waals surface area contributed by atoms with Gasteiger partial charge in [-0.15, -0.1) is 0 Å². The van der Waals surface area contributed by atoms with Crippen molar-refractivity contribution >= 4 is 21.6 Å². The highest BCUT2D eigenvalue weighted by atomic mass is 32.2. The van der Waals surface area contributed by atoms with Crippen molar-refractivity contribution in [2.24, 2.45) is 0 Å². The van der Waals surface area contributed by atoms with E-state index in [4.69, 9.17) is 4.74 Å². The van der Waals surface area contributed by atoms with Crippen molar-refractivity contribution in [3.8, 4) is 5.75 Å². The average molecular weight is 427 g/mol. The standard InChI is InChI=1S/C23H26N2O4S/c1-4-22(26)24-19-12-14-25(20-8-6-5-7-18(19)20)30(27,28)17-9-10-21-16(15-17)11-13-23(2,3)29-21/h4-10,15,19H,1,11-14H2,2-3H3,(H,24,26). The number of nitrogens with one attached hydrogen (secondary N) is 1. The average Bonchev–Trinajstić information content (AvgIpc) is 2.72. The molecule has 0 saturated heterocycles. The number of nitrogens with zero attached hydrogens (tertiary/aromatic N) is 1. The van der Waals surface area contributed by atoms with Crippen molar-refractivity contribution in [3.63, 3.8) is 0 Å². The quantitative estimate of drug-likeness (QED) is 0.756. The summed E-state index contributed by atoms with van der Waals surface area (Å²) in [4.78, 5) is 12.1. The minimum atomic E-state index is -3.75. The maximum absolute atomic E-state index is 13.5. The van der Waals surface area contributed by atoms with Crippen LogP contribution in [0.1, 0.15) is 43.9 Å². The third-order valence-corrected chi connectivity index (χ3v) is 7.52. The van der Waals surface area contributed by atoms with Crippen LogP contribution in [0.5, 0.6) is 5.75 Å². The van der Waals surface area contributed by atoms with Crippen LogP contribution in [0.2, 0.25) is 0 Å². The molecule has 0 fully saturated rings. The number of para-hydroxylation sites is 1. The van der Waals surface area contributed by atoms with Crippen LogP contribution in [0.4, 0.5) is 5.69 Å². The van der Waals surface area contributed by atoms with Crippen LogP contribution in [-0.4, -0.2) is 26.5 Å². The molecule has 6 nitrogen and oxygen atoms in total. The molecule has 1 amide bonds. The molecule has 2 aromatic carbocycles. The zero-order valence-corrected chi connectivity index (χ0v) is 18.0. The molecule has 7 heteroatoms. The Balaban J connectivity index is 1.69. The number of amides is 1. The molecule has 2 heterocycles. The van der Waals surface area contributed by atoms with E-state index in [-0.39, 0.29) is 29.0 Å². The summed E-state index contributed by atoms with van der Waals surface area (Å²) in [5, 5.41) is 2.89. The van der Waals surface area contributed by atoms with E-state index >= 15 is 0 Å². The van der Waals surface area contributed by atoms with Crippen LogP contribution < -0.4 is 14.4 Å². The van der Waals surface area contributed by atoms with Gasteiger partial charge in [0.25, 0.3) is 10.0 Å². The van der Waals surface area contributed by atoms with Crippen molar-refractivity contribution in [3.05, 3.63) is 66.2 Å². The SMILES string of the molecule is C=CC(=O)NC1CCN(S(=O)(=O)c2ccc3c(c2)CCC(C)(C)O3)c2ccccc21. The molecule has 2 aliphatic rings. The van der Waals surface area contributed by atoms with Crippen LogP contribution in [0.15, 0.2) is 60.0 Å². The van der Waals surface area contributed by atoms with E-state index in [9.17, 15) is 13.2 Å². The first-order chi connectivity index (χ1) is 14.2. The molecule has 1 N–H and O–H groups in total. The van der Waals surface area contributed by atoms with Crippen LogP contribution in [0, 0.1) is 0 Å². The number of anilines is 1. The zero-order chi connectivity index (χ0) is 21.5. The number of hydrogen-bond donors (Lipinski definition) is 1. The number of carbonyl (C=O) groups excluding carboxylic acids is 1. The molecule has 0 radical (unpaired) electrons. The lowest BCUT2D eigenvalue weighted by molar-refractivity contribution is -0.117. The van der Waals surface area contributed by atoms with Gasteiger partial charge < -0.3 is 10.1 Å². The van der Waals surface area contributed by atoms with Crippen molar-refractivity contribution < 1.29 is 17.9 Å². The first kappa shape index (κ1) is 20.5. The molecule has 2 aliphatic heterocycles. The Morgan fingerprint density at radius 1 is 1.27 bits per heavy atom. The number of sulfonamides is 1. The Morgan fingerprint density at radius 2 is 2.03 bits per heavy atom. The minimum absolute atomic E-state index is 0.246. The number of fused-ring (bicyclic) bond motifs is 2. The largest absolute Gasteiger partial charge is 0.488 e. The Hall–Kier alpha value is -2.80. The topological polar surface area (TPSA) is 75.7 Å². The number of benzene rings is 2. The summed E-state index contributed by atoms with van der Waals surface area (Å²) in [6, 6.07) is 12.1. The number of aryl methyl sites for hydroxylation is 1. The number of ether oxygens (including phenoxy) is 1. The lowest BCUT2D eigenvalue weighted by Crippen LogP contribution is -2.40. The fraction of sp³-hybridized carbons (Fsp3) is 0.348.